The second-order valence-electron chi connectivity index (χ2n) is 8.53. The van der Waals surface area contributed by atoms with Crippen molar-refractivity contribution in [2.24, 2.45) is 4.99 Å². The van der Waals surface area contributed by atoms with E-state index in [4.69, 9.17) is 16.3 Å². The molecule has 0 amide bonds. The van der Waals surface area contributed by atoms with Crippen LogP contribution >= 0.6 is 35.6 Å². The lowest BCUT2D eigenvalue weighted by Gasteiger charge is -2.21. The van der Waals surface area contributed by atoms with Gasteiger partial charge in [0.2, 0.25) is 0 Å². The Bertz CT molecular complexity index is 871. The summed E-state index contributed by atoms with van der Waals surface area (Å²) in [4.78, 5) is 11.0. The van der Waals surface area contributed by atoms with Crippen LogP contribution in [0.15, 0.2) is 47.6 Å². The van der Waals surface area contributed by atoms with E-state index in [9.17, 15) is 0 Å². The lowest BCUT2D eigenvalue weighted by molar-refractivity contribution is -0.0149. The van der Waals surface area contributed by atoms with Crippen molar-refractivity contribution in [2.75, 3.05) is 25.0 Å². The van der Waals surface area contributed by atoms with Gasteiger partial charge >= 0.3 is 0 Å². The van der Waals surface area contributed by atoms with Crippen molar-refractivity contribution in [1.29, 1.82) is 0 Å². The van der Waals surface area contributed by atoms with E-state index in [1.807, 2.05) is 12.1 Å². The van der Waals surface area contributed by atoms with Crippen molar-refractivity contribution in [2.45, 2.75) is 52.0 Å². The number of ether oxygens (including phenoxy) is 1. The van der Waals surface area contributed by atoms with Gasteiger partial charge in [0.15, 0.2) is 5.96 Å². The summed E-state index contributed by atoms with van der Waals surface area (Å²) >= 11 is 6.29. The zero-order valence-corrected chi connectivity index (χ0v) is 21.8. The highest BCUT2D eigenvalue weighted by atomic mass is 127. The Balaban J connectivity index is 0.00000341. The molecule has 3 rings (SSSR count). The zero-order chi connectivity index (χ0) is 21.6. The van der Waals surface area contributed by atoms with Crippen molar-refractivity contribution in [3.05, 3.63) is 58.7 Å². The summed E-state index contributed by atoms with van der Waals surface area (Å²) in [5, 5.41) is 7.62. The average Bonchev–Trinajstić information content (AvgIpc) is 3.18. The molecular formula is C23H33ClIN5O. The molecule has 1 atom stereocenters. The normalized spacial score (nSPS) is 16.7. The van der Waals surface area contributed by atoms with E-state index in [1.54, 1.807) is 13.2 Å². The molecule has 0 aliphatic carbocycles. The molecule has 1 aliphatic heterocycles. The monoisotopic (exact) mass is 557 g/mol. The summed E-state index contributed by atoms with van der Waals surface area (Å²) in [6, 6.07) is 12.5. The minimum Gasteiger partial charge on any atom is -0.371 e. The quantitative estimate of drug-likeness (QED) is 0.309. The fourth-order valence-electron chi connectivity index (χ4n) is 3.38. The summed E-state index contributed by atoms with van der Waals surface area (Å²) in [7, 11) is 1.80. The first-order chi connectivity index (χ1) is 14.3. The third-order valence-electron chi connectivity index (χ3n) is 4.91. The molecule has 31 heavy (non-hydrogen) atoms. The maximum absolute atomic E-state index is 6.29. The predicted molar refractivity (Wildman–Crippen MR) is 140 cm³/mol. The number of guanidine groups is 1. The minimum atomic E-state index is -0.144. The number of nitrogens with zero attached hydrogens (tertiary/aromatic N) is 3. The molecule has 170 valence electrons. The van der Waals surface area contributed by atoms with Crippen molar-refractivity contribution >= 4 is 47.4 Å². The van der Waals surface area contributed by atoms with Gasteiger partial charge in [-0.3, -0.25) is 4.99 Å². The lowest BCUT2D eigenvalue weighted by atomic mass is 10.1. The van der Waals surface area contributed by atoms with Gasteiger partial charge in [-0.1, -0.05) is 35.9 Å². The van der Waals surface area contributed by atoms with Gasteiger partial charge in [-0.25, -0.2) is 4.98 Å². The second-order valence-corrected chi connectivity index (χ2v) is 8.94. The highest BCUT2D eigenvalue weighted by molar-refractivity contribution is 14.0. The van der Waals surface area contributed by atoms with E-state index >= 15 is 0 Å². The predicted octanol–water partition coefficient (Wildman–Crippen LogP) is 4.61. The number of aliphatic imine (C=N–C) groups is 1. The van der Waals surface area contributed by atoms with Crippen LogP contribution in [-0.4, -0.2) is 42.7 Å². The van der Waals surface area contributed by atoms with E-state index in [1.165, 1.54) is 11.1 Å². The summed E-state index contributed by atoms with van der Waals surface area (Å²) in [5.74, 6) is 1.64. The van der Waals surface area contributed by atoms with Crippen LogP contribution in [0.3, 0.4) is 0 Å². The van der Waals surface area contributed by atoms with Gasteiger partial charge in [-0.05, 0) is 50.5 Å². The van der Waals surface area contributed by atoms with Crippen LogP contribution in [0.4, 0.5) is 5.82 Å². The van der Waals surface area contributed by atoms with Gasteiger partial charge in [0.1, 0.15) is 5.82 Å². The van der Waals surface area contributed by atoms with Crippen LogP contribution in [0, 0.1) is 0 Å². The van der Waals surface area contributed by atoms with E-state index in [-0.39, 0.29) is 29.6 Å². The molecule has 0 saturated carbocycles. The number of aromatic nitrogens is 1. The molecule has 0 spiro atoms. The third-order valence-corrected chi connectivity index (χ3v) is 5.21. The summed E-state index contributed by atoms with van der Waals surface area (Å²) < 4.78 is 5.89. The first-order valence-corrected chi connectivity index (χ1v) is 10.8. The zero-order valence-electron chi connectivity index (χ0n) is 18.7. The highest BCUT2D eigenvalue weighted by Gasteiger charge is 2.25. The molecule has 2 N–H and O–H groups in total. The molecule has 2 heterocycles. The fraction of sp³-hybridized carbons (Fsp3) is 0.478. The molecule has 0 bridgehead atoms. The van der Waals surface area contributed by atoms with Gasteiger partial charge in [-0.2, -0.15) is 0 Å². The number of anilines is 1. The van der Waals surface area contributed by atoms with E-state index in [2.05, 4.69) is 70.5 Å². The molecule has 1 saturated heterocycles. The van der Waals surface area contributed by atoms with Crippen LogP contribution < -0.4 is 15.5 Å². The fourth-order valence-corrected chi connectivity index (χ4v) is 3.62. The van der Waals surface area contributed by atoms with Gasteiger partial charge in [0.25, 0.3) is 0 Å². The van der Waals surface area contributed by atoms with Crippen LogP contribution in [0.5, 0.6) is 0 Å². The highest BCUT2D eigenvalue weighted by Crippen LogP contribution is 2.25. The summed E-state index contributed by atoms with van der Waals surface area (Å²) in [5.41, 5.74) is 2.22. The Morgan fingerprint density at radius 2 is 2.03 bits per heavy atom. The maximum Gasteiger partial charge on any atom is 0.191 e. The van der Waals surface area contributed by atoms with E-state index < -0.39 is 0 Å². The summed E-state index contributed by atoms with van der Waals surface area (Å²) in [6.07, 6.45) is 2.79. The molecule has 8 heteroatoms. The molecule has 2 aromatic rings. The van der Waals surface area contributed by atoms with Crippen LogP contribution in [0.1, 0.15) is 38.3 Å². The lowest BCUT2D eigenvalue weighted by Crippen LogP contribution is -2.44. The van der Waals surface area contributed by atoms with Crippen molar-refractivity contribution in [3.63, 3.8) is 0 Å². The van der Waals surface area contributed by atoms with Gasteiger partial charge < -0.3 is 20.3 Å². The van der Waals surface area contributed by atoms with Crippen molar-refractivity contribution < 1.29 is 4.74 Å². The second kappa shape index (κ2) is 11.9. The van der Waals surface area contributed by atoms with Gasteiger partial charge in [-0.15, -0.1) is 24.0 Å². The molecule has 1 fully saturated rings. The first kappa shape index (κ1) is 25.7. The number of rotatable bonds is 6. The number of nitrogens with one attached hydrogen (secondary N) is 2. The van der Waals surface area contributed by atoms with Crippen LogP contribution in [0.2, 0.25) is 5.02 Å². The third kappa shape index (κ3) is 8.12. The van der Waals surface area contributed by atoms with Crippen molar-refractivity contribution in [1.82, 2.24) is 15.6 Å². The number of benzene rings is 1. The topological polar surface area (TPSA) is 61.8 Å². The molecule has 1 aromatic carbocycles. The molecule has 1 aliphatic rings. The van der Waals surface area contributed by atoms with Crippen LogP contribution in [-0.2, 0) is 17.9 Å². The molecule has 1 unspecified atom stereocenters. The largest absolute Gasteiger partial charge is 0.371 e. The van der Waals surface area contributed by atoms with E-state index in [0.29, 0.717) is 24.2 Å². The summed E-state index contributed by atoms with van der Waals surface area (Å²) in [6.45, 7) is 9.28. The first-order valence-electron chi connectivity index (χ1n) is 10.4. The molecular weight excluding hydrogens is 525 g/mol. The van der Waals surface area contributed by atoms with Crippen molar-refractivity contribution in [3.8, 4) is 0 Å². The average molecular weight is 558 g/mol. The van der Waals surface area contributed by atoms with Crippen LogP contribution in [0.25, 0.3) is 0 Å². The molecule has 1 aromatic heterocycles. The Morgan fingerprint density at radius 1 is 1.26 bits per heavy atom. The number of halogens is 2. The Labute approximate surface area is 207 Å². The van der Waals surface area contributed by atoms with Gasteiger partial charge in [0.05, 0.1) is 17.2 Å². The minimum absolute atomic E-state index is 0. The number of hydrogen-bond acceptors (Lipinski definition) is 4. The number of pyridine rings is 1. The Hall–Kier alpha value is -1.58. The standard InChI is InChI=1S/C23H32ClN5O.HI/c1-23(2,3)30-16-18-8-5-7-17(13-18)14-27-22(25-4)28-19-10-12-29(15-19)21-20(24)9-6-11-26-21;/h5-9,11,13,19H,10,12,14-16H2,1-4H3,(H2,25,27,28);1H. The molecule has 0 radical (unpaired) electrons. The Morgan fingerprint density at radius 3 is 2.74 bits per heavy atom. The van der Waals surface area contributed by atoms with Gasteiger partial charge in [0, 0.05) is 38.9 Å². The SMILES string of the molecule is CN=C(NCc1cccc(COC(C)(C)C)c1)NC1CCN(c2ncccc2Cl)C1.I. The molecule has 6 nitrogen and oxygen atoms in total. The Kier molecular flexibility index (Phi) is 9.84. The maximum atomic E-state index is 6.29. The van der Waals surface area contributed by atoms with E-state index in [0.717, 1.165) is 31.3 Å². The number of hydrogen-bond donors (Lipinski definition) is 2. The smallest absolute Gasteiger partial charge is 0.191 e.